The molecule has 2 aliphatic rings. The maximum atomic E-state index is 11.3. The number of carboxylic acid groups (broad SMARTS) is 1. The highest BCUT2D eigenvalue weighted by atomic mass is 35.5. The second kappa shape index (κ2) is 21.1. The SMILES string of the molecule is CC(=O)NCC1CCN(Cc2cc(Oc3ccc(N4CCN(CCC(=O)O)CC4)nc3)nc(-c3cc(Cl)cc(Cl)c3)c2)CC1.Cl.Cl.Cl.Cl. The molecule has 0 radical (unpaired) electrons. The monoisotopic (exact) mass is 784 g/mol. The number of aliphatic carboxylic acids is 1. The summed E-state index contributed by atoms with van der Waals surface area (Å²) in [7, 11) is 0. The van der Waals surface area contributed by atoms with Crippen LogP contribution in [0.3, 0.4) is 0 Å². The number of hydrogen-bond donors (Lipinski definition) is 2. The summed E-state index contributed by atoms with van der Waals surface area (Å²) in [5.41, 5.74) is 2.58. The van der Waals surface area contributed by atoms with E-state index in [-0.39, 0.29) is 62.0 Å². The van der Waals surface area contributed by atoms with E-state index in [4.69, 9.17) is 38.0 Å². The number of amides is 1. The van der Waals surface area contributed by atoms with Gasteiger partial charge in [0, 0.05) is 74.4 Å². The molecule has 1 amide bonds. The van der Waals surface area contributed by atoms with Gasteiger partial charge in [-0.05, 0) is 73.8 Å². The molecular weight excluding hydrogens is 745 g/mol. The van der Waals surface area contributed by atoms with Crippen molar-refractivity contribution in [2.75, 3.05) is 57.3 Å². The highest BCUT2D eigenvalue weighted by Crippen LogP contribution is 2.31. The predicted octanol–water partition coefficient (Wildman–Crippen LogP) is 6.87. The minimum absolute atomic E-state index is 0. The number of hydrogen-bond acceptors (Lipinski definition) is 8. The summed E-state index contributed by atoms with van der Waals surface area (Å²) in [6, 6.07) is 13.2. The number of carbonyl (C=O) groups excluding carboxylic acids is 1. The molecule has 4 heterocycles. The summed E-state index contributed by atoms with van der Waals surface area (Å²) in [5.74, 6) is 1.62. The van der Waals surface area contributed by atoms with Crippen molar-refractivity contribution in [2.45, 2.75) is 32.7 Å². The van der Waals surface area contributed by atoms with Crippen LogP contribution in [0.2, 0.25) is 10.0 Å². The number of nitrogens with zero attached hydrogens (tertiary/aromatic N) is 5. The zero-order valence-corrected chi connectivity index (χ0v) is 31.3. The molecule has 0 aliphatic carbocycles. The van der Waals surface area contributed by atoms with Gasteiger partial charge in [-0.2, -0.15) is 0 Å². The molecule has 2 N–H and O–H groups in total. The zero-order chi connectivity index (χ0) is 31.1. The Bertz CT molecular complexity index is 1440. The van der Waals surface area contributed by atoms with E-state index in [0.29, 0.717) is 39.8 Å². The fourth-order valence-corrected chi connectivity index (χ4v) is 6.17. The number of halogens is 6. The van der Waals surface area contributed by atoms with Crippen molar-refractivity contribution >= 4 is 90.5 Å². The summed E-state index contributed by atoms with van der Waals surface area (Å²) in [5, 5.41) is 13.0. The van der Waals surface area contributed by atoms with Gasteiger partial charge in [-0.3, -0.25) is 19.4 Å². The van der Waals surface area contributed by atoms with E-state index < -0.39 is 5.97 Å². The molecule has 48 heavy (non-hydrogen) atoms. The van der Waals surface area contributed by atoms with Crippen molar-refractivity contribution in [1.82, 2.24) is 25.1 Å². The Morgan fingerprint density at radius 1 is 0.917 bits per heavy atom. The lowest BCUT2D eigenvalue weighted by Crippen LogP contribution is -2.47. The second-order valence-corrected chi connectivity index (χ2v) is 12.3. The Labute approximate surface area is 316 Å². The molecule has 3 aromatic rings. The van der Waals surface area contributed by atoms with Crippen LogP contribution in [0.15, 0.2) is 48.7 Å². The number of anilines is 1. The first-order valence-corrected chi connectivity index (χ1v) is 15.7. The van der Waals surface area contributed by atoms with Gasteiger partial charge >= 0.3 is 5.97 Å². The minimum Gasteiger partial charge on any atom is -0.481 e. The van der Waals surface area contributed by atoms with Gasteiger partial charge in [0.2, 0.25) is 11.8 Å². The van der Waals surface area contributed by atoms with Crippen LogP contribution in [0.4, 0.5) is 5.82 Å². The summed E-state index contributed by atoms with van der Waals surface area (Å²) in [4.78, 5) is 38.4. The van der Waals surface area contributed by atoms with Gasteiger partial charge in [-0.15, -0.1) is 49.6 Å². The van der Waals surface area contributed by atoms with Crippen LogP contribution in [-0.4, -0.2) is 89.1 Å². The average molecular weight is 787 g/mol. The number of carbonyl (C=O) groups is 2. The van der Waals surface area contributed by atoms with Crippen molar-refractivity contribution in [3.63, 3.8) is 0 Å². The third kappa shape index (κ3) is 13.2. The number of nitrogens with one attached hydrogen (secondary N) is 1. The van der Waals surface area contributed by atoms with Gasteiger partial charge in [0.05, 0.1) is 18.3 Å². The molecule has 0 bridgehead atoms. The number of pyridine rings is 2. The first-order valence-electron chi connectivity index (χ1n) is 15.0. The number of carboxylic acids is 1. The van der Waals surface area contributed by atoms with Crippen molar-refractivity contribution < 1.29 is 19.4 Å². The number of aromatic nitrogens is 2. The summed E-state index contributed by atoms with van der Waals surface area (Å²) >= 11 is 12.6. The maximum Gasteiger partial charge on any atom is 0.304 e. The van der Waals surface area contributed by atoms with E-state index in [9.17, 15) is 9.59 Å². The van der Waals surface area contributed by atoms with Crippen molar-refractivity contribution in [3.8, 4) is 22.9 Å². The van der Waals surface area contributed by atoms with E-state index in [1.807, 2.05) is 30.3 Å². The summed E-state index contributed by atoms with van der Waals surface area (Å²) in [6.45, 7) is 8.65. The third-order valence-electron chi connectivity index (χ3n) is 8.05. The zero-order valence-electron chi connectivity index (χ0n) is 26.5. The van der Waals surface area contributed by atoms with Crippen molar-refractivity contribution in [2.24, 2.45) is 5.92 Å². The molecule has 2 fully saturated rings. The maximum absolute atomic E-state index is 11.3. The smallest absolute Gasteiger partial charge is 0.304 e. The van der Waals surface area contributed by atoms with E-state index >= 15 is 0 Å². The second-order valence-electron chi connectivity index (χ2n) is 11.4. The van der Waals surface area contributed by atoms with Gasteiger partial charge < -0.3 is 20.1 Å². The molecule has 16 heteroatoms. The van der Waals surface area contributed by atoms with Gasteiger partial charge in [-0.25, -0.2) is 9.97 Å². The molecule has 2 aliphatic heterocycles. The van der Waals surface area contributed by atoms with Crippen LogP contribution in [0.5, 0.6) is 11.6 Å². The number of piperidine rings is 1. The number of likely N-dealkylation sites (tertiary alicyclic amines) is 1. The Kier molecular flexibility index (Phi) is 19.2. The Morgan fingerprint density at radius 3 is 2.17 bits per heavy atom. The quantitative estimate of drug-likeness (QED) is 0.215. The highest BCUT2D eigenvalue weighted by molar-refractivity contribution is 6.35. The van der Waals surface area contributed by atoms with E-state index in [2.05, 4.69) is 31.1 Å². The Hall–Kier alpha value is -2.28. The number of piperazine rings is 1. The normalized spacial score (nSPS) is 15.2. The molecular formula is C32H42Cl6N6O4. The fourth-order valence-electron chi connectivity index (χ4n) is 5.64. The Balaban J connectivity index is 0.00000288. The molecule has 0 saturated carbocycles. The van der Waals surface area contributed by atoms with E-state index in [0.717, 1.165) is 82.1 Å². The highest BCUT2D eigenvalue weighted by Gasteiger charge is 2.21. The molecule has 2 saturated heterocycles. The van der Waals surface area contributed by atoms with Crippen LogP contribution in [0.25, 0.3) is 11.3 Å². The number of benzene rings is 1. The first kappa shape index (κ1) is 43.7. The van der Waals surface area contributed by atoms with Gasteiger partial charge in [-0.1, -0.05) is 23.2 Å². The van der Waals surface area contributed by atoms with Gasteiger partial charge in [0.25, 0.3) is 0 Å². The molecule has 0 spiro atoms. The van der Waals surface area contributed by atoms with Crippen LogP contribution in [-0.2, 0) is 16.1 Å². The number of ether oxygens (including phenoxy) is 1. The standard InChI is InChI=1S/C32H38Cl2N6O4.4ClH/c1-22(41)35-19-23-4-7-39(8-5-23)21-24-14-29(25-16-26(33)18-27(34)17-25)37-31(15-24)44-28-2-3-30(36-20-28)40-12-10-38(11-13-40)9-6-32(42)43;;;;/h2-3,14-18,20,23H,4-13,19,21H2,1H3,(H,35,41)(H,42,43);4*1H. The number of rotatable bonds is 11. The largest absolute Gasteiger partial charge is 0.481 e. The van der Waals surface area contributed by atoms with Crippen LogP contribution in [0.1, 0.15) is 31.7 Å². The van der Waals surface area contributed by atoms with Crippen molar-refractivity contribution in [1.29, 1.82) is 0 Å². The molecule has 1 aromatic carbocycles. The van der Waals surface area contributed by atoms with Crippen molar-refractivity contribution in [3.05, 3.63) is 64.3 Å². The molecule has 0 atom stereocenters. The third-order valence-corrected chi connectivity index (χ3v) is 8.49. The summed E-state index contributed by atoms with van der Waals surface area (Å²) in [6.07, 6.45) is 3.92. The molecule has 0 unspecified atom stereocenters. The summed E-state index contributed by atoms with van der Waals surface area (Å²) < 4.78 is 6.24. The van der Waals surface area contributed by atoms with Gasteiger partial charge in [0.15, 0.2) is 0 Å². The fraction of sp³-hybridized carbons (Fsp3) is 0.438. The average Bonchev–Trinajstić information content (AvgIpc) is 3.00. The lowest BCUT2D eigenvalue weighted by Gasteiger charge is -2.35. The molecule has 10 nitrogen and oxygen atoms in total. The molecule has 5 rings (SSSR count). The topological polar surface area (TPSA) is 111 Å². The van der Waals surface area contributed by atoms with E-state index in [1.54, 1.807) is 19.2 Å². The molecule has 2 aromatic heterocycles. The Morgan fingerprint density at radius 2 is 1.58 bits per heavy atom. The van der Waals surface area contributed by atoms with Crippen LogP contribution >= 0.6 is 72.8 Å². The first-order chi connectivity index (χ1) is 21.2. The molecule has 266 valence electrons. The van der Waals surface area contributed by atoms with Crippen LogP contribution in [0, 0.1) is 5.92 Å². The van der Waals surface area contributed by atoms with Gasteiger partial charge in [0.1, 0.15) is 11.6 Å². The van der Waals surface area contributed by atoms with E-state index in [1.165, 1.54) is 0 Å². The predicted molar refractivity (Wildman–Crippen MR) is 201 cm³/mol. The van der Waals surface area contributed by atoms with Crippen LogP contribution < -0.4 is 15.0 Å². The lowest BCUT2D eigenvalue weighted by molar-refractivity contribution is -0.137. The minimum atomic E-state index is -0.770. The lowest BCUT2D eigenvalue weighted by atomic mass is 9.96.